The van der Waals surface area contributed by atoms with E-state index in [1.165, 1.54) is 0 Å². The lowest BCUT2D eigenvalue weighted by Crippen LogP contribution is -2.28. The van der Waals surface area contributed by atoms with Gasteiger partial charge in [-0.25, -0.2) is 4.98 Å². The molecule has 3 aromatic carbocycles. The molecule has 0 saturated carbocycles. The van der Waals surface area contributed by atoms with Crippen LogP contribution in [0, 0.1) is 0 Å². The van der Waals surface area contributed by atoms with Gasteiger partial charge < -0.3 is 10.1 Å². The van der Waals surface area contributed by atoms with E-state index in [0.29, 0.717) is 11.6 Å². The van der Waals surface area contributed by atoms with E-state index in [1.807, 2.05) is 78.9 Å². The van der Waals surface area contributed by atoms with E-state index < -0.39 is 0 Å². The van der Waals surface area contributed by atoms with Gasteiger partial charge in [0.15, 0.2) is 0 Å². The molecule has 0 fully saturated rings. The number of aromatic nitrogens is 3. The molecule has 6 rings (SSSR count). The second kappa shape index (κ2) is 7.35. The van der Waals surface area contributed by atoms with Crippen LogP contribution in [-0.4, -0.2) is 14.5 Å². The number of nitrogens with one attached hydrogen (secondary N) is 1. The lowest BCUT2D eigenvalue weighted by molar-refractivity contribution is 0.434. The molecule has 6 heteroatoms. The Kier molecular flexibility index (Phi) is 4.21. The van der Waals surface area contributed by atoms with Crippen molar-refractivity contribution in [1.82, 2.24) is 14.5 Å². The zero-order valence-electron chi connectivity index (χ0n) is 17.0. The summed E-state index contributed by atoms with van der Waals surface area (Å²) in [5, 5.41) is 4.00. The standard InChI is InChI=1S/C26H18N4O2/c31-23-15-14-17-16-27-26(28-18-8-2-1-3-9-18)29-25(17)30(23)24-19-10-4-6-12-21(19)32-22-13-7-5-11-20(22)24/h1-16,24H,(H,27,28,29). The van der Waals surface area contributed by atoms with Crippen molar-refractivity contribution in [1.29, 1.82) is 0 Å². The van der Waals surface area contributed by atoms with E-state index >= 15 is 0 Å². The predicted octanol–water partition coefficient (Wildman–Crippen LogP) is 5.28. The van der Waals surface area contributed by atoms with Crippen LogP contribution in [0.3, 0.4) is 0 Å². The Bertz CT molecular complexity index is 1470. The fraction of sp³-hybridized carbons (Fsp3) is 0.0385. The molecule has 2 aromatic heterocycles. The van der Waals surface area contributed by atoms with Gasteiger partial charge in [-0.3, -0.25) is 9.36 Å². The Balaban J connectivity index is 1.59. The van der Waals surface area contributed by atoms with E-state index in [4.69, 9.17) is 9.72 Å². The zero-order valence-corrected chi connectivity index (χ0v) is 17.0. The van der Waals surface area contributed by atoms with Crippen molar-refractivity contribution < 1.29 is 4.74 Å². The number of anilines is 2. The van der Waals surface area contributed by atoms with Crippen LogP contribution in [0.15, 0.2) is 102 Å². The predicted molar refractivity (Wildman–Crippen MR) is 124 cm³/mol. The number of nitrogens with zero attached hydrogens (tertiary/aromatic N) is 3. The van der Waals surface area contributed by atoms with Gasteiger partial charge in [0.2, 0.25) is 5.95 Å². The fourth-order valence-electron chi connectivity index (χ4n) is 4.16. The maximum absolute atomic E-state index is 13.3. The second-order valence-electron chi connectivity index (χ2n) is 7.59. The van der Waals surface area contributed by atoms with E-state index in [-0.39, 0.29) is 11.6 Å². The SMILES string of the molecule is O=c1ccc2cnc(Nc3ccccc3)nc2n1C1c2ccccc2Oc2ccccc21. The largest absolute Gasteiger partial charge is 0.457 e. The minimum absolute atomic E-state index is 0.140. The van der Waals surface area contributed by atoms with Crippen LogP contribution < -0.4 is 15.6 Å². The average Bonchev–Trinajstić information content (AvgIpc) is 2.84. The van der Waals surface area contributed by atoms with Crippen molar-refractivity contribution in [3.05, 3.63) is 119 Å². The lowest BCUT2D eigenvalue weighted by Gasteiger charge is -2.30. The van der Waals surface area contributed by atoms with Crippen molar-refractivity contribution in [3.8, 4) is 11.5 Å². The molecule has 6 nitrogen and oxygen atoms in total. The number of benzene rings is 3. The number of hydrogen-bond donors (Lipinski definition) is 1. The zero-order chi connectivity index (χ0) is 21.5. The topological polar surface area (TPSA) is 69.0 Å². The molecule has 1 aliphatic rings. The van der Waals surface area contributed by atoms with Crippen LogP contribution in [0.1, 0.15) is 17.2 Å². The third kappa shape index (κ3) is 3.01. The maximum atomic E-state index is 13.3. The fourth-order valence-corrected chi connectivity index (χ4v) is 4.16. The molecule has 1 N–H and O–H groups in total. The van der Waals surface area contributed by atoms with Crippen LogP contribution >= 0.6 is 0 Å². The van der Waals surface area contributed by atoms with Crippen LogP contribution in [-0.2, 0) is 0 Å². The Morgan fingerprint density at radius 2 is 1.44 bits per heavy atom. The summed E-state index contributed by atoms with van der Waals surface area (Å²) in [4.78, 5) is 22.5. The first kappa shape index (κ1) is 18.3. The first-order valence-corrected chi connectivity index (χ1v) is 10.3. The van der Waals surface area contributed by atoms with Gasteiger partial charge in [-0.2, -0.15) is 4.98 Å². The smallest absolute Gasteiger partial charge is 0.253 e. The van der Waals surface area contributed by atoms with E-state index in [9.17, 15) is 4.79 Å². The second-order valence-corrected chi connectivity index (χ2v) is 7.59. The summed E-state index contributed by atoms with van der Waals surface area (Å²) >= 11 is 0. The quantitative estimate of drug-likeness (QED) is 0.424. The third-order valence-electron chi connectivity index (χ3n) is 5.60. The summed E-state index contributed by atoms with van der Waals surface area (Å²) in [5.41, 5.74) is 3.12. The van der Waals surface area contributed by atoms with Crippen molar-refractivity contribution in [2.45, 2.75) is 6.04 Å². The van der Waals surface area contributed by atoms with Crippen molar-refractivity contribution in [3.63, 3.8) is 0 Å². The first-order chi connectivity index (χ1) is 15.8. The molecule has 0 aliphatic carbocycles. The van der Waals surface area contributed by atoms with Gasteiger partial charge in [-0.1, -0.05) is 54.6 Å². The normalized spacial score (nSPS) is 12.6. The number of hydrogen-bond acceptors (Lipinski definition) is 5. The van der Waals surface area contributed by atoms with Gasteiger partial charge >= 0.3 is 0 Å². The van der Waals surface area contributed by atoms with Gasteiger partial charge in [0.1, 0.15) is 17.1 Å². The van der Waals surface area contributed by atoms with Gasteiger partial charge in [0.05, 0.1) is 6.04 Å². The molecule has 0 atom stereocenters. The van der Waals surface area contributed by atoms with Gasteiger partial charge in [-0.15, -0.1) is 0 Å². The van der Waals surface area contributed by atoms with E-state index in [1.54, 1.807) is 22.9 Å². The molecular weight excluding hydrogens is 400 g/mol. The van der Waals surface area contributed by atoms with Crippen molar-refractivity contribution in [2.24, 2.45) is 0 Å². The summed E-state index contributed by atoms with van der Waals surface area (Å²) in [6, 6.07) is 28.3. The first-order valence-electron chi connectivity index (χ1n) is 10.3. The molecule has 154 valence electrons. The highest BCUT2D eigenvalue weighted by Gasteiger charge is 2.30. The Labute approximate surface area is 183 Å². The number of pyridine rings is 1. The molecule has 32 heavy (non-hydrogen) atoms. The summed E-state index contributed by atoms with van der Waals surface area (Å²) < 4.78 is 7.85. The molecule has 0 amide bonds. The van der Waals surface area contributed by atoms with E-state index in [0.717, 1.165) is 33.7 Å². The summed E-state index contributed by atoms with van der Waals surface area (Å²) in [6.07, 6.45) is 1.74. The molecule has 0 spiro atoms. The van der Waals surface area contributed by atoms with Crippen LogP contribution in [0.2, 0.25) is 0 Å². The van der Waals surface area contributed by atoms with Crippen molar-refractivity contribution >= 4 is 22.7 Å². The van der Waals surface area contributed by atoms with Gasteiger partial charge in [0.25, 0.3) is 5.56 Å². The molecule has 5 aromatic rings. The van der Waals surface area contributed by atoms with Gasteiger partial charge in [-0.05, 0) is 30.3 Å². The summed E-state index contributed by atoms with van der Waals surface area (Å²) in [6.45, 7) is 0. The maximum Gasteiger partial charge on any atom is 0.253 e. The minimum atomic E-state index is -0.369. The van der Waals surface area contributed by atoms with Crippen molar-refractivity contribution in [2.75, 3.05) is 5.32 Å². The Morgan fingerprint density at radius 3 is 2.16 bits per heavy atom. The molecule has 0 radical (unpaired) electrons. The highest BCUT2D eigenvalue weighted by molar-refractivity contribution is 5.76. The molecule has 0 saturated heterocycles. The number of rotatable bonds is 3. The number of ether oxygens (including phenoxy) is 1. The van der Waals surface area contributed by atoms with E-state index in [2.05, 4.69) is 10.3 Å². The molecule has 3 heterocycles. The number of para-hydroxylation sites is 3. The monoisotopic (exact) mass is 418 g/mol. The minimum Gasteiger partial charge on any atom is -0.457 e. The number of fused-ring (bicyclic) bond motifs is 3. The average molecular weight is 418 g/mol. The lowest BCUT2D eigenvalue weighted by atomic mass is 9.94. The Hall–Kier alpha value is -4.45. The molecular formula is C26H18N4O2. The molecule has 0 unspecified atom stereocenters. The molecule has 1 aliphatic heterocycles. The summed E-state index contributed by atoms with van der Waals surface area (Å²) in [7, 11) is 0. The van der Waals surface area contributed by atoms with Crippen LogP contribution in [0.25, 0.3) is 11.0 Å². The van der Waals surface area contributed by atoms with Gasteiger partial charge in [0, 0.05) is 34.5 Å². The summed E-state index contributed by atoms with van der Waals surface area (Å²) in [5.74, 6) is 1.89. The van der Waals surface area contributed by atoms with Crippen LogP contribution in [0.4, 0.5) is 11.6 Å². The molecule has 0 bridgehead atoms. The third-order valence-corrected chi connectivity index (χ3v) is 5.60. The highest BCUT2D eigenvalue weighted by atomic mass is 16.5. The van der Waals surface area contributed by atoms with Crippen LogP contribution in [0.5, 0.6) is 11.5 Å². The Morgan fingerprint density at radius 1 is 0.781 bits per heavy atom. The highest BCUT2D eigenvalue weighted by Crippen LogP contribution is 2.44.